The topological polar surface area (TPSA) is 75.9 Å². The molecule has 0 aliphatic carbocycles. The van der Waals surface area contributed by atoms with Gasteiger partial charge in [0, 0.05) is 17.8 Å². The maximum absolute atomic E-state index is 5.27. The summed E-state index contributed by atoms with van der Waals surface area (Å²) < 4.78 is 0. The number of aryl methyl sites for hydroxylation is 1. The number of hydrogen-bond donors (Lipinski definition) is 3. The van der Waals surface area contributed by atoms with Gasteiger partial charge in [0.2, 0.25) is 5.95 Å². The van der Waals surface area contributed by atoms with E-state index >= 15 is 0 Å². The van der Waals surface area contributed by atoms with Crippen LogP contribution in [0.3, 0.4) is 0 Å². The van der Waals surface area contributed by atoms with Crippen LogP contribution >= 0.6 is 0 Å². The second-order valence-electron chi connectivity index (χ2n) is 3.70. The molecule has 1 aromatic heterocycles. The van der Waals surface area contributed by atoms with E-state index in [0.29, 0.717) is 12.0 Å². The molecule has 0 fully saturated rings. The van der Waals surface area contributed by atoms with E-state index in [1.807, 2.05) is 13.0 Å². The molecule has 0 aliphatic rings. The third kappa shape index (κ3) is 3.71. The molecule has 5 heteroatoms. The molecule has 0 aromatic carbocycles. The number of nitrogens with two attached hydrogens (primary N) is 1. The normalized spacial score (nSPS) is 12.3. The van der Waals surface area contributed by atoms with Gasteiger partial charge in [0.25, 0.3) is 0 Å². The van der Waals surface area contributed by atoms with E-state index in [2.05, 4.69) is 34.6 Å². The predicted molar refractivity (Wildman–Crippen MR) is 62.6 cm³/mol. The van der Waals surface area contributed by atoms with E-state index in [0.717, 1.165) is 24.4 Å². The third-order valence-electron chi connectivity index (χ3n) is 2.10. The van der Waals surface area contributed by atoms with Crippen LogP contribution in [-0.2, 0) is 0 Å². The molecular weight excluding hydrogens is 190 g/mol. The van der Waals surface area contributed by atoms with Crippen LogP contribution in [0.2, 0.25) is 0 Å². The molecule has 1 aromatic rings. The van der Waals surface area contributed by atoms with E-state index < -0.39 is 0 Å². The molecule has 84 valence electrons. The lowest BCUT2D eigenvalue weighted by Crippen LogP contribution is -2.17. The highest BCUT2D eigenvalue weighted by atomic mass is 15.3. The van der Waals surface area contributed by atoms with Crippen LogP contribution in [0.4, 0.5) is 11.8 Å². The zero-order valence-electron chi connectivity index (χ0n) is 9.54. The smallest absolute Gasteiger partial charge is 0.239 e. The van der Waals surface area contributed by atoms with Gasteiger partial charge in [0.15, 0.2) is 0 Å². The monoisotopic (exact) mass is 209 g/mol. The summed E-state index contributed by atoms with van der Waals surface area (Å²) in [5.41, 5.74) is 3.34. The zero-order valence-corrected chi connectivity index (χ0v) is 9.54. The van der Waals surface area contributed by atoms with Crippen LogP contribution in [0.1, 0.15) is 32.4 Å². The molecule has 1 atom stereocenters. The van der Waals surface area contributed by atoms with Crippen LogP contribution in [0, 0.1) is 6.92 Å². The van der Waals surface area contributed by atoms with Crippen molar-refractivity contribution in [2.24, 2.45) is 5.84 Å². The lowest BCUT2D eigenvalue weighted by molar-refractivity contribution is 0.687. The second-order valence-corrected chi connectivity index (χ2v) is 3.70. The van der Waals surface area contributed by atoms with Crippen LogP contribution in [0.15, 0.2) is 6.07 Å². The number of hydrogen-bond acceptors (Lipinski definition) is 5. The summed E-state index contributed by atoms with van der Waals surface area (Å²) in [5, 5.41) is 3.31. The molecule has 1 unspecified atom stereocenters. The summed E-state index contributed by atoms with van der Waals surface area (Å²) >= 11 is 0. The van der Waals surface area contributed by atoms with E-state index in [1.165, 1.54) is 0 Å². The predicted octanol–water partition coefficient (Wildman–Crippen LogP) is 1.67. The lowest BCUT2D eigenvalue weighted by Gasteiger charge is -2.14. The van der Waals surface area contributed by atoms with Gasteiger partial charge in [-0.25, -0.2) is 10.8 Å². The molecule has 4 N–H and O–H groups in total. The Balaban J connectivity index is 2.71. The lowest BCUT2D eigenvalue weighted by atomic mass is 10.2. The Bertz CT molecular complexity index is 313. The number of nitrogen functional groups attached to an aromatic ring is 1. The molecule has 1 heterocycles. The van der Waals surface area contributed by atoms with Crippen molar-refractivity contribution < 1.29 is 0 Å². The van der Waals surface area contributed by atoms with Crippen molar-refractivity contribution in [3.8, 4) is 0 Å². The van der Waals surface area contributed by atoms with Crippen molar-refractivity contribution in [1.29, 1.82) is 0 Å². The van der Waals surface area contributed by atoms with Gasteiger partial charge in [0.1, 0.15) is 5.82 Å². The Labute approximate surface area is 90.5 Å². The van der Waals surface area contributed by atoms with Gasteiger partial charge in [-0.1, -0.05) is 13.3 Å². The molecule has 1 rings (SSSR count). The minimum atomic E-state index is 0.412. The molecule has 15 heavy (non-hydrogen) atoms. The number of nitrogens with one attached hydrogen (secondary N) is 2. The Morgan fingerprint density at radius 3 is 2.80 bits per heavy atom. The van der Waals surface area contributed by atoms with Crippen LogP contribution in [0.25, 0.3) is 0 Å². The summed E-state index contributed by atoms with van der Waals surface area (Å²) in [4.78, 5) is 8.33. The Kier molecular flexibility index (Phi) is 4.30. The maximum Gasteiger partial charge on any atom is 0.239 e. The van der Waals surface area contributed by atoms with Gasteiger partial charge in [-0.2, -0.15) is 4.98 Å². The Hall–Kier alpha value is -1.36. The highest BCUT2D eigenvalue weighted by molar-refractivity contribution is 5.42. The largest absolute Gasteiger partial charge is 0.367 e. The summed E-state index contributed by atoms with van der Waals surface area (Å²) in [5.74, 6) is 6.54. The minimum absolute atomic E-state index is 0.412. The van der Waals surface area contributed by atoms with Crippen molar-refractivity contribution in [2.45, 2.75) is 39.7 Å². The van der Waals surface area contributed by atoms with Gasteiger partial charge < -0.3 is 5.32 Å². The van der Waals surface area contributed by atoms with Crippen LogP contribution in [-0.4, -0.2) is 16.0 Å². The average Bonchev–Trinajstić information content (AvgIpc) is 2.17. The number of hydrazine groups is 1. The van der Waals surface area contributed by atoms with Gasteiger partial charge in [-0.05, 0) is 20.3 Å². The number of rotatable bonds is 5. The quantitative estimate of drug-likeness (QED) is 0.508. The summed E-state index contributed by atoms with van der Waals surface area (Å²) in [6.07, 6.45) is 2.27. The summed E-state index contributed by atoms with van der Waals surface area (Å²) in [7, 11) is 0. The van der Waals surface area contributed by atoms with E-state index in [9.17, 15) is 0 Å². The second kappa shape index (κ2) is 5.50. The van der Waals surface area contributed by atoms with Crippen molar-refractivity contribution in [1.82, 2.24) is 9.97 Å². The van der Waals surface area contributed by atoms with Crippen molar-refractivity contribution >= 4 is 11.8 Å². The maximum atomic E-state index is 5.27. The highest BCUT2D eigenvalue weighted by Crippen LogP contribution is 2.11. The van der Waals surface area contributed by atoms with Gasteiger partial charge in [-0.3, -0.25) is 5.43 Å². The Morgan fingerprint density at radius 1 is 1.47 bits per heavy atom. The number of anilines is 2. The van der Waals surface area contributed by atoms with Crippen molar-refractivity contribution in [2.75, 3.05) is 10.7 Å². The van der Waals surface area contributed by atoms with Gasteiger partial charge in [-0.15, -0.1) is 0 Å². The van der Waals surface area contributed by atoms with Crippen molar-refractivity contribution in [3.05, 3.63) is 11.8 Å². The summed E-state index contributed by atoms with van der Waals surface area (Å²) in [6.45, 7) is 6.21. The number of nitrogens with zero attached hydrogens (tertiary/aromatic N) is 2. The summed E-state index contributed by atoms with van der Waals surface area (Å²) in [6, 6.07) is 2.32. The average molecular weight is 209 g/mol. The molecule has 0 aliphatic heterocycles. The first kappa shape index (κ1) is 11.7. The van der Waals surface area contributed by atoms with Crippen molar-refractivity contribution in [3.63, 3.8) is 0 Å². The molecular formula is C10H19N5. The molecule has 0 radical (unpaired) electrons. The molecule has 0 amide bonds. The first-order valence-electron chi connectivity index (χ1n) is 5.24. The van der Waals surface area contributed by atoms with Gasteiger partial charge in [0.05, 0.1) is 0 Å². The minimum Gasteiger partial charge on any atom is -0.367 e. The van der Waals surface area contributed by atoms with Crippen LogP contribution in [0.5, 0.6) is 0 Å². The molecule has 0 spiro atoms. The van der Waals surface area contributed by atoms with E-state index in [4.69, 9.17) is 5.84 Å². The molecule has 5 nitrogen and oxygen atoms in total. The molecule has 0 saturated carbocycles. The number of aromatic nitrogens is 2. The Morgan fingerprint density at radius 2 is 2.20 bits per heavy atom. The first-order valence-corrected chi connectivity index (χ1v) is 5.24. The standard InChI is InChI=1S/C10H19N5/c1-4-5-7(2)12-9-6-8(3)13-10(14-9)15-11/h6-7H,4-5,11H2,1-3H3,(H2,12,13,14,15). The fourth-order valence-electron chi connectivity index (χ4n) is 1.46. The van der Waals surface area contributed by atoms with Gasteiger partial charge >= 0.3 is 0 Å². The third-order valence-corrected chi connectivity index (χ3v) is 2.10. The van der Waals surface area contributed by atoms with E-state index in [1.54, 1.807) is 0 Å². The first-order chi connectivity index (χ1) is 7.15. The fourth-order valence-corrected chi connectivity index (χ4v) is 1.46. The highest BCUT2D eigenvalue weighted by Gasteiger charge is 2.04. The zero-order chi connectivity index (χ0) is 11.3. The SMILES string of the molecule is CCCC(C)Nc1cc(C)nc(NN)n1. The van der Waals surface area contributed by atoms with E-state index in [-0.39, 0.29) is 0 Å². The fraction of sp³-hybridized carbons (Fsp3) is 0.600. The van der Waals surface area contributed by atoms with Crippen LogP contribution < -0.4 is 16.6 Å². The molecule has 0 bridgehead atoms. The molecule has 0 saturated heterocycles.